The molecule has 0 fully saturated rings. The lowest BCUT2D eigenvalue weighted by Gasteiger charge is -2.09. The van der Waals surface area contributed by atoms with E-state index in [4.69, 9.17) is 4.74 Å². The smallest absolute Gasteiger partial charge is 0.142 e. The van der Waals surface area contributed by atoms with Crippen molar-refractivity contribution in [3.63, 3.8) is 0 Å². The third-order valence-electron chi connectivity index (χ3n) is 4.33. The summed E-state index contributed by atoms with van der Waals surface area (Å²) < 4.78 is 5.84. The van der Waals surface area contributed by atoms with E-state index in [-0.39, 0.29) is 0 Å². The first-order valence-electron chi connectivity index (χ1n) is 8.45. The summed E-state index contributed by atoms with van der Waals surface area (Å²) in [5, 5.41) is 4.50. The molecule has 5 heteroatoms. The van der Waals surface area contributed by atoms with Crippen molar-refractivity contribution >= 4 is 33.1 Å². The third kappa shape index (κ3) is 3.39. The zero-order valence-corrected chi connectivity index (χ0v) is 15.5. The molecule has 0 aliphatic heterocycles. The average Bonchev–Trinajstić information content (AvgIpc) is 2.97. The number of hydrogen-bond acceptors (Lipinski definition) is 5. The van der Waals surface area contributed by atoms with Gasteiger partial charge in [0.25, 0.3) is 0 Å². The summed E-state index contributed by atoms with van der Waals surface area (Å²) in [6.07, 6.45) is 1.61. The summed E-state index contributed by atoms with van der Waals surface area (Å²) in [4.78, 5) is 11.1. The highest BCUT2D eigenvalue weighted by atomic mass is 32.1. The lowest BCUT2D eigenvalue weighted by Crippen LogP contribution is -1.97. The van der Waals surface area contributed by atoms with Crippen LogP contribution < -0.4 is 10.1 Å². The van der Waals surface area contributed by atoms with Crippen molar-refractivity contribution in [3.05, 3.63) is 76.9 Å². The molecule has 4 nitrogen and oxygen atoms in total. The van der Waals surface area contributed by atoms with Crippen molar-refractivity contribution in [1.29, 1.82) is 0 Å². The van der Waals surface area contributed by atoms with Crippen molar-refractivity contribution in [2.45, 2.75) is 20.5 Å². The van der Waals surface area contributed by atoms with Crippen LogP contribution in [0.1, 0.15) is 16.0 Å². The molecule has 0 saturated heterocycles. The molecule has 0 unspecified atom stereocenters. The Bertz CT molecular complexity index is 1030. The predicted octanol–water partition coefficient (Wildman–Crippen LogP) is 5.63. The standard InChI is InChI=1S/C21H19N3OS/c1-14-15(2)26-21-19(14)20(22-13-23-21)24-17-8-10-18(11-9-17)25-12-16-6-4-3-5-7-16/h3-11,13H,12H2,1-2H3,(H,22,23,24). The molecule has 2 aromatic heterocycles. The number of aromatic nitrogens is 2. The number of rotatable bonds is 5. The van der Waals surface area contributed by atoms with Gasteiger partial charge in [-0.05, 0) is 49.2 Å². The van der Waals surface area contributed by atoms with Gasteiger partial charge in [0.15, 0.2) is 0 Å². The Hall–Kier alpha value is -2.92. The number of benzene rings is 2. The van der Waals surface area contributed by atoms with Crippen LogP contribution in [0, 0.1) is 13.8 Å². The van der Waals surface area contributed by atoms with Gasteiger partial charge < -0.3 is 10.1 Å². The molecular weight excluding hydrogens is 342 g/mol. The maximum Gasteiger partial charge on any atom is 0.142 e. The molecule has 2 heterocycles. The molecule has 0 aliphatic carbocycles. The molecule has 0 saturated carbocycles. The zero-order valence-electron chi connectivity index (χ0n) is 14.7. The maximum atomic E-state index is 5.84. The Balaban J connectivity index is 1.49. The van der Waals surface area contributed by atoms with E-state index in [1.807, 2.05) is 42.5 Å². The monoisotopic (exact) mass is 361 g/mol. The lowest BCUT2D eigenvalue weighted by atomic mass is 10.2. The lowest BCUT2D eigenvalue weighted by molar-refractivity contribution is 0.306. The predicted molar refractivity (Wildman–Crippen MR) is 107 cm³/mol. The molecule has 0 amide bonds. The first kappa shape index (κ1) is 16.5. The number of thiophene rings is 1. The number of ether oxygens (including phenoxy) is 1. The van der Waals surface area contributed by atoms with Crippen LogP contribution in [0.25, 0.3) is 10.2 Å². The van der Waals surface area contributed by atoms with Gasteiger partial charge in [0.1, 0.15) is 29.3 Å². The van der Waals surface area contributed by atoms with Crippen molar-refractivity contribution in [1.82, 2.24) is 9.97 Å². The molecule has 0 aliphatic rings. The number of nitrogens with one attached hydrogen (secondary N) is 1. The SMILES string of the molecule is Cc1sc2ncnc(Nc3ccc(OCc4ccccc4)cc3)c2c1C. The first-order chi connectivity index (χ1) is 12.7. The van der Waals surface area contributed by atoms with Gasteiger partial charge >= 0.3 is 0 Å². The van der Waals surface area contributed by atoms with Crippen LogP contribution in [0.5, 0.6) is 5.75 Å². The van der Waals surface area contributed by atoms with E-state index >= 15 is 0 Å². The Morgan fingerprint density at radius 2 is 1.73 bits per heavy atom. The van der Waals surface area contributed by atoms with Gasteiger partial charge in [0, 0.05) is 10.6 Å². The Labute approximate surface area is 156 Å². The first-order valence-corrected chi connectivity index (χ1v) is 9.27. The molecule has 4 rings (SSSR count). The topological polar surface area (TPSA) is 47.0 Å². The maximum absolute atomic E-state index is 5.84. The van der Waals surface area contributed by atoms with E-state index in [0.717, 1.165) is 33.0 Å². The quantitative estimate of drug-likeness (QED) is 0.500. The summed E-state index contributed by atoms with van der Waals surface area (Å²) in [7, 11) is 0. The van der Waals surface area contributed by atoms with Gasteiger partial charge in [-0.3, -0.25) is 0 Å². The minimum Gasteiger partial charge on any atom is -0.489 e. The Morgan fingerprint density at radius 3 is 2.50 bits per heavy atom. The molecule has 2 aromatic carbocycles. The third-order valence-corrected chi connectivity index (χ3v) is 5.45. The van der Waals surface area contributed by atoms with Crippen molar-refractivity contribution < 1.29 is 4.74 Å². The van der Waals surface area contributed by atoms with Crippen molar-refractivity contribution in [2.75, 3.05) is 5.32 Å². The van der Waals surface area contributed by atoms with Crippen LogP contribution in [0.3, 0.4) is 0 Å². The molecule has 0 bridgehead atoms. The fraction of sp³-hybridized carbons (Fsp3) is 0.143. The van der Waals surface area contributed by atoms with Gasteiger partial charge in [0.05, 0.1) is 5.39 Å². The average molecular weight is 361 g/mol. The fourth-order valence-electron chi connectivity index (χ4n) is 2.79. The summed E-state index contributed by atoms with van der Waals surface area (Å²) in [6.45, 7) is 4.79. The van der Waals surface area contributed by atoms with Gasteiger partial charge in [-0.15, -0.1) is 11.3 Å². The van der Waals surface area contributed by atoms with Gasteiger partial charge in [0.2, 0.25) is 0 Å². The summed E-state index contributed by atoms with van der Waals surface area (Å²) in [5.41, 5.74) is 3.36. The molecular formula is C21H19N3OS. The van der Waals surface area contributed by atoms with E-state index in [1.165, 1.54) is 10.4 Å². The Morgan fingerprint density at radius 1 is 0.962 bits per heavy atom. The highest BCUT2D eigenvalue weighted by molar-refractivity contribution is 7.18. The molecule has 0 atom stereocenters. The van der Waals surface area contributed by atoms with Crippen molar-refractivity contribution in [3.8, 4) is 5.75 Å². The van der Waals surface area contributed by atoms with E-state index in [1.54, 1.807) is 17.7 Å². The van der Waals surface area contributed by atoms with Crippen LogP contribution in [0.15, 0.2) is 60.9 Å². The van der Waals surface area contributed by atoms with Crippen LogP contribution in [-0.2, 0) is 6.61 Å². The van der Waals surface area contributed by atoms with Crippen LogP contribution in [-0.4, -0.2) is 9.97 Å². The normalized spacial score (nSPS) is 10.8. The molecule has 26 heavy (non-hydrogen) atoms. The number of nitrogens with zero attached hydrogens (tertiary/aromatic N) is 2. The molecule has 0 spiro atoms. The second-order valence-electron chi connectivity index (χ2n) is 6.11. The number of anilines is 2. The van der Waals surface area contributed by atoms with E-state index in [9.17, 15) is 0 Å². The highest BCUT2D eigenvalue weighted by Crippen LogP contribution is 2.33. The van der Waals surface area contributed by atoms with Crippen LogP contribution in [0.4, 0.5) is 11.5 Å². The minimum absolute atomic E-state index is 0.563. The van der Waals surface area contributed by atoms with E-state index < -0.39 is 0 Å². The number of fused-ring (bicyclic) bond motifs is 1. The molecule has 130 valence electrons. The fourth-order valence-corrected chi connectivity index (χ4v) is 3.79. The van der Waals surface area contributed by atoms with Gasteiger partial charge in [-0.1, -0.05) is 30.3 Å². The molecule has 0 radical (unpaired) electrons. The molecule has 4 aromatic rings. The van der Waals surface area contributed by atoms with Crippen LogP contribution >= 0.6 is 11.3 Å². The van der Waals surface area contributed by atoms with Crippen LogP contribution in [0.2, 0.25) is 0 Å². The summed E-state index contributed by atoms with van der Waals surface area (Å²) >= 11 is 1.70. The van der Waals surface area contributed by atoms with Gasteiger partial charge in [-0.25, -0.2) is 9.97 Å². The zero-order chi connectivity index (χ0) is 17.9. The van der Waals surface area contributed by atoms with E-state index in [2.05, 4.69) is 41.3 Å². The second kappa shape index (κ2) is 7.14. The Kier molecular flexibility index (Phi) is 4.54. The highest BCUT2D eigenvalue weighted by Gasteiger charge is 2.12. The number of hydrogen-bond donors (Lipinski definition) is 1. The summed E-state index contributed by atoms with van der Waals surface area (Å²) in [6, 6.07) is 18.1. The number of aryl methyl sites for hydroxylation is 2. The van der Waals surface area contributed by atoms with Gasteiger partial charge in [-0.2, -0.15) is 0 Å². The summed E-state index contributed by atoms with van der Waals surface area (Å²) in [5.74, 6) is 1.68. The molecule has 1 N–H and O–H groups in total. The largest absolute Gasteiger partial charge is 0.489 e. The minimum atomic E-state index is 0.563. The van der Waals surface area contributed by atoms with E-state index in [0.29, 0.717) is 6.61 Å². The second-order valence-corrected chi connectivity index (χ2v) is 7.31. The van der Waals surface area contributed by atoms with Crippen molar-refractivity contribution in [2.24, 2.45) is 0 Å².